The molecule has 10 heteroatoms. The van der Waals surface area contributed by atoms with Gasteiger partial charge < -0.3 is 19.9 Å². The van der Waals surface area contributed by atoms with Gasteiger partial charge in [-0.05, 0) is 78.6 Å². The van der Waals surface area contributed by atoms with Gasteiger partial charge in [-0.1, -0.05) is 83.9 Å². The molecule has 1 saturated heterocycles. The van der Waals surface area contributed by atoms with Crippen LogP contribution < -0.4 is 14.8 Å². The minimum absolute atomic E-state index is 0.238. The molecule has 0 amide bonds. The Hall–Kier alpha value is -3.95. The Morgan fingerprint density at radius 1 is 0.980 bits per heavy atom. The SMILES string of the molecule is COc1nc(O[C@H]2CCc3c(-c4cccc(-c5ccc(CNC[C@@H]6CCC(=O)C6)cc5)c4Cl)cccc32)c(Cl)cc1CN1CC[C@H](C(=O)O)C1. The molecule has 2 aliphatic carbocycles. The largest absolute Gasteiger partial charge is 0.481 e. The van der Waals surface area contributed by atoms with Crippen molar-refractivity contribution in [3.63, 3.8) is 0 Å². The van der Waals surface area contributed by atoms with E-state index in [4.69, 9.17) is 32.7 Å². The Morgan fingerprint density at radius 3 is 2.50 bits per heavy atom. The fourth-order valence-corrected chi connectivity index (χ4v) is 8.22. The van der Waals surface area contributed by atoms with Crippen molar-refractivity contribution in [2.75, 3.05) is 26.7 Å². The maximum absolute atomic E-state index is 11.6. The standard InChI is InChI=1S/C40H41Cl2N3O5/c1-49-38-28(23-45-17-16-27(22-45)40(47)48)19-35(41)39(44-38)50-36-15-14-32-31(5-3-6-33(32)36)34-7-2-4-30(37(34)42)26-11-8-24(9-12-26)20-43-21-25-10-13-29(46)18-25/h2-9,11-12,19,25,27,36,43H,10,13-18,20-23H2,1H3,(H,47,48)/t25-,27+,36+/m1/s1. The fraction of sp³-hybridized carbons (Fsp3) is 0.375. The molecule has 50 heavy (non-hydrogen) atoms. The summed E-state index contributed by atoms with van der Waals surface area (Å²) in [7, 11) is 1.57. The number of aromatic nitrogens is 1. The van der Waals surface area contributed by atoms with E-state index in [1.165, 1.54) is 11.1 Å². The molecular formula is C40H41Cl2N3O5. The molecule has 2 heterocycles. The van der Waals surface area contributed by atoms with Gasteiger partial charge in [0.25, 0.3) is 0 Å². The average Bonchev–Trinajstić information content (AvgIpc) is 3.87. The molecule has 1 saturated carbocycles. The molecule has 0 radical (unpaired) electrons. The highest BCUT2D eigenvalue weighted by molar-refractivity contribution is 6.36. The summed E-state index contributed by atoms with van der Waals surface area (Å²) in [5, 5.41) is 14.0. The van der Waals surface area contributed by atoms with Gasteiger partial charge in [0, 0.05) is 49.2 Å². The Kier molecular flexibility index (Phi) is 10.4. The monoisotopic (exact) mass is 713 g/mol. The van der Waals surface area contributed by atoms with E-state index in [1.54, 1.807) is 7.11 Å². The van der Waals surface area contributed by atoms with Crippen LogP contribution in [0.15, 0.2) is 66.7 Å². The molecule has 1 aromatic heterocycles. The molecule has 7 rings (SSSR count). The Labute approximate surface area is 302 Å². The quantitative estimate of drug-likeness (QED) is 0.152. The number of hydrogen-bond donors (Lipinski definition) is 2. The lowest BCUT2D eigenvalue weighted by atomic mass is 9.93. The zero-order chi connectivity index (χ0) is 34.8. The summed E-state index contributed by atoms with van der Waals surface area (Å²) in [4.78, 5) is 29.7. The first-order valence-electron chi connectivity index (χ1n) is 17.3. The van der Waals surface area contributed by atoms with Crippen LogP contribution in [-0.2, 0) is 29.1 Å². The number of fused-ring (bicyclic) bond motifs is 1. The lowest BCUT2D eigenvalue weighted by Gasteiger charge is -2.20. The first-order chi connectivity index (χ1) is 24.3. The van der Waals surface area contributed by atoms with E-state index < -0.39 is 5.97 Å². The van der Waals surface area contributed by atoms with Gasteiger partial charge in [-0.25, -0.2) is 0 Å². The summed E-state index contributed by atoms with van der Waals surface area (Å²) in [5.41, 5.74) is 8.37. The molecule has 0 unspecified atom stereocenters. The van der Waals surface area contributed by atoms with Crippen molar-refractivity contribution in [1.82, 2.24) is 15.2 Å². The second kappa shape index (κ2) is 15.1. The Bertz CT molecular complexity index is 1900. The zero-order valence-electron chi connectivity index (χ0n) is 28.1. The van der Waals surface area contributed by atoms with Gasteiger partial charge in [-0.2, -0.15) is 4.98 Å². The molecule has 3 aliphatic rings. The Morgan fingerprint density at radius 2 is 1.76 bits per heavy atom. The molecule has 1 aliphatic heterocycles. The molecule has 0 spiro atoms. The first kappa shape index (κ1) is 34.5. The van der Waals surface area contributed by atoms with E-state index in [1.807, 2.05) is 12.1 Å². The predicted octanol–water partition coefficient (Wildman–Crippen LogP) is 8.16. The number of nitrogens with one attached hydrogen (secondary N) is 1. The number of methoxy groups -OCH3 is 1. The molecule has 260 valence electrons. The van der Waals surface area contributed by atoms with Crippen LogP contribution in [0.4, 0.5) is 0 Å². The van der Waals surface area contributed by atoms with Crippen LogP contribution in [0.3, 0.4) is 0 Å². The van der Waals surface area contributed by atoms with Crippen LogP contribution in [0.2, 0.25) is 10.0 Å². The second-order valence-corrected chi connectivity index (χ2v) is 14.4. The summed E-state index contributed by atoms with van der Waals surface area (Å²) in [6.07, 6.45) is 4.38. The average molecular weight is 715 g/mol. The van der Waals surface area contributed by atoms with E-state index in [-0.39, 0.29) is 12.0 Å². The van der Waals surface area contributed by atoms with Crippen LogP contribution in [-0.4, -0.2) is 53.5 Å². The van der Waals surface area contributed by atoms with E-state index >= 15 is 0 Å². The summed E-state index contributed by atoms with van der Waals surface area (Å²) >= 11 is 13.9. The summed E-state index contributed by atoms with van der Waals surface area (Å²) < 4.78 is 12.1. The number of halogens is 2. The number of carboxylic acid groups (broad SMARTS) is 1. The number of carbonyl (C=O) groups is 2. The van der Waals surface area contributed by atoms with Crippen molar-refractivity contribution in [3.05, 3.63) is 99.0 Å². The smallest absolute Gasteiger partial charge is 0.307 e. The number of carbonyl (C=O) groups excluding carboxylic acids is 1. The van der Waals surface area contributed by atoms with Crippen molar-refractivity contribution < 1.29 is 24.2 Å². The van der Waals surface area contributed by atoms with Crippen LogP contribution >= 0.6 is 23.2 Å². The van der Waals surface area contributed by atoms with Crippen LogP contribution in [0.5, 0.6) is 11.8 Å². The molecule has 0 bridgehead atoms. The summed E-state index contributed by atoms with van der Waals surface area (Å²) in [6, 6.07) is 22.8. The number of hydrogen-bond acceptors (Lipinski definition) is 7. The number of Topliss-reactive ketones (excluding diaryl/α,β-unsaturated/α-hetero) is 1. The number of likely N-dealkylation sites (tertiary alicyclic amines) is 1. The van der Waals surface area contributed by atoms with Crippen molar-refractivity contribution in [2.45, 2.75) is 57.7 Å². The van der Waals surface area contributed by atoms with Gasteiger partial charge in [0.1, 0.15) is 16.9 Å². The molecule has 4 aromatic rings. The number of ketones is 1. The van der Waals surface area contributed by atoms with Crippen LogP contribution in [0.1, 0.15) is 60.5 Å². The maximum Gasteiger partial charge on any atom is 0.307 e. The summed E-state index contributed by atoms with van der Waals surface area (Å²) in [5.74, 6) is 0.444. The number of rotatable bonds is 12. The number of carboxylic acids is 1. The lowest BCUT2D eigenvalue weighted by Crippen LogP contribution is -2.23. The fourth-order valence-electron chi connectivity index (χ4n) is 7.66. The first-order valence-corrected chi connectivity index (χ1v) is 18.1. The number of nitrogens with zero attached hydrogens (tertiary/aromatic N) is 2. The molecule has 2 N–H and O–H groups in total. The molecule has 8 nitrogen and oxygen atoms in total. The van der Waals surface area contributed by atoms with Gasteiger partial charge in [-0.15, -0.1) is 0 Å². The second-order valence-electron chi connectivity index (χ2n) is 13.7. The Balaban J connectivity index is 1.05. The van der Waals surface area contributed by atoms with Crippen LogP contribution in [0.25, 0.3) is 22.3 Å². The minimum Gasteiger partial charge on any atom is -0.481 e. The van der Waals surface area contributed by atoms with Crippen molar-refractivity contribution in [1.29, 1.82) is 0 Å². The molecule has 2 fully saturated rings. The number of benzene rings is 3. The molecular weight excluding hydrogens is 673 g/mol. The highest BCUT2D eigenvalue weighted by Crippen LogP contribution is 2.45. The van der Waals surface area contributed by atoms with Gasteiger partial charge in [-0.3, -0.25) is 14.5 Å². The third kappa shape index (κ3) is 7.40. The van der Waals surface area contributed by atoms with Crippen molar-refractivity contribution in [2.24, 2.45) is 11.8 Å². The van der Waals surface area contributed by atoms with Gasteiger partial charge in [0.15, 0.2) is 0 Å². The maximum atomic E-state index is 11.6. The van der Waals surface area contributed by atoms with Gasteiger partial charge >= 0.3 is 5.97 Å². The van der Waals surface area contributed by atoms with Gasteiger partial charge in [0.2, 0.25) is 11.8 Å². The van der Waals surface area contributed by atoms with E-state index in [0.29, 0.717) is 66.0 Å². The topological polar surface area (TPSA) is 101 Å². The van der Waals surface area contributed by atoms with E-state index in [9.17, 15) is 14.7 Å². The van der Waals surface area contributed by atoms with Gasteiger partial charge in [0.05, 0.1) is 18.1 Å². The zero-order valence-corrected chi connectivity index (χ0v) is 29.6. The number of ether oxygens (including phenoxy) is 2. The number of pyridine rings is 1. The normalized spacial score (nSPS) is 20.3. The highest BCUT2D eigenvalue weighted by Gasteiger charge is 2.31. The number of aliphatic carboxylic acids is 1. The summed E-state index contributed by atoms with van der Waals surface area (Å²) in [6.45, 7) is 3.32. The van der Waals surface area contributed by atoms with Crippen LogP contribution in [0, 0.1) is 11.8 Å². The third-order valence-electron chi connectivity index (χ3n) is 10.3. The molecule has 3 atom stereocenters. The third-order valence-corrected chi connectivity index (χ3v) is 11.0. The highest BCUT2D eigenvalue weighted by atomic mass is 35.5. The van der Waals surface area contributed by atoms with Crippen molar-refractivity contribution in [3.8, 4) is 34.0 Å². The predicted molar refractivity (Wildman–Crippen MR) is 195 cm³/mol. The van der Waals surface area contributed by atoms with E-state index in [0.717, 1.165) is 72.2 Å². The lowest BCUT2D eigenvalue weighted by molar-refractivity contribution is -0.141. The van der Waals surface area contributed by atoms with E-state index in [2.05, 4.69) is 69.8 Å². The minimum atomic E-state index is -0.764. The van der Waals surface area contributed by atoms with Crippen molar-refractivity contribution >= 4 is 35.0 Å². The molecule has 3 aromatic carbocycles.